The molecule has 7 heteroatoms. The molecule has 1 N–H and O–H groups in total. The maximum atomic E-state index is 13.0. The molecular formula is C20H32N2O5. The summed E-state index contributed by atoms with van der Waals surface area (Å²) in [4.78, 5) is 39.5. The average molecular weight is 380 g/mol. The van der Waals surface area contributed by atoms with Crippen molar-refractivity contribution in [3.63, 3.8) is 0 Å². The van der Waals surface area contributed by atoms with Crippen molar-refractivity contribution in [2.75, 3.05) is 13.2 Å². The highest BCUT2D eigenvalue weighted by molar-refractivity contribution is 5.94. The van der Waals surface area contributed by atoms with Crippen molar-refractivity contribution >= 4 is 18.0 Å². The third-order valence-electron chi connectivity index (χ3n) is 5.18. The molecule has 0 bridgehead atoms. The lowest BCUT2D eigenvalue weighted by molar-refractivity contribution is -0.149. The van der Waals surface area contributed by atoms with E-state index in [-0.39, 0.29) is 24.3 Å². The molecule has 0 aromatic heterocycles. The molecule has 1 saturated heterocycles. The van der Waals surface area contributed by atoms with Gasteiger partial charge in [0, 0.05) is 12.5 Å². The second kappa shape index (κ2) is 7.90. The van der Waals surface area contributed by atoms with Crippen LogP contribution in [-0.4, -0.2) is 53.2 Å². The van der Waals surface area contributed by atoms with Crippen LogP contribution in [0.25, 0.3) is 0 Å². The molecule has 27 heavy (non-hydrogen) atoms. The van der Waals surface area contributed by atoms with Crippen molar-refractivity contribution in [1.29, 1.82) is 0 Å². The van der Waals surface area contributed by atoms with E-state index in [1.807, 2.05) is 6.92 Å². The molecule has 2 rings (SSSR count). The SMILES string of the molecule is C=C[C@@H]1C[C@]1(NC(=O)[C@@H]1C[C@@H](CC)CN1C(=O)OC(C)(C)C)C(=O)OCC. The first kappa shape index (κ1) is 21.3. The highest BCUT2D eigenvalue weighted by Crippen LogP contribution is 2.45. The molecule has 7 nitrogen and oxygen atoms in total. The first-order valence-electron chi connectivity index (χ1n) is 9.69. The Labute approximate surface area is 161 Å². The number of ether oxygens (including phenoxy) is 2. The molecule has 1 heterocycles. The van der Waals surface area contributed by atoms with Gasteiger partial charge < -0.3 is 14.8 Å². The standard InChI is InChI=1S/C20H32N2O5/c1-7-13-10-15(22(12-13)18(25)27-19(4,5)6)16(23)21-20(11-14(20)8-2)17(24)26-9-3/h8,13-15H,2,7,9-12H2,1,3-6H3,(H,21,23)/t13-,14-,15+,20-/m1/s1. The number of carbonyl (C=O) groups excluding carboxylic acids is 3. The molecule has 2 aliphatic rings. The Kier molecular flexibility index (Phi) is 6.22. The summed E-state index contributed by atoms with van der Waals surface area (Å²) in [7, 11) is 0. The van der Waals surface area contributed by atoms with Gasteiger partial charge in [-0.15, -0.1) is 6.58 Å². The van der Waals surface area contributed by atoms with Crippen LogP contribution in [0.1, 0.15) is 53.9 Å². The lowest BCUT2D eigenvalue weighted by Crippen LogP contribution is -2.53. The van der Waals surface area contributed by atoms with Crippen molar-refractivity contribution in [2.24, 2.45) is 11.8 Å². The topological polar surface area (TPSA) is 84.9 Å². The summed E-state index contributed by atoms with van der Waals surface area (Å²) in [5, 5.41) is 2.85. The summed E-state index contributed by atoms with van der Waals surface area (Å²) in [6.45, 7) is 13.6. The summed E-state index contributed by atoms with van der Waals surface area (Å²) >= 11 is 0. The Hall–Kier alpha value is -2.05. The third kappa shape index (κ3) is 4.62. The van der Waals surface area contributed by atoms with E-state index in [0.717, 1.165) is 6.42 Å². The number of esters is 1. The van der Waals surface area contributed by atoms with Crippen molar-refractivity contribution in [3.05, 3.63) is 12.7 Å². The van der Waals surface area contributed by atoms with Gasteiger partial charge in [0.05, 0.1) is 6.61 Å². The minimum Gasteiger partial charge on any atom is -0.464 e. The van der Waals surface area contributed by atoms with Gasteiger partial charge >= 0.3 is 12.1 Å². The van der Waals surface area contributed by atoms with E-state index in [1.165, 1.54) is 4.90 Å². The van der Waals surface area contributed by atoms with E-state index in [9.17, 15) is 14.4 Å². The number of nitrogens with one attached hydrogen (secondary N) is 1. The molecule has 0 unspecified atom stereocenters. The van der Waals surface area contributed by atoms with Crippen LogP contribution in [0.4, 0.5) is 4.79 Å². The van der Waals surface area contributed by atoms with Crippen molar-refractivity contribution in [1.82, 2.24) is 10.2 Å². The maximum absolute atomic E-state index is 13.0. The van der Waals surface area contributed by atoms with Gasteiger partial charge in [0.1, 0.15) is 17.2 Å². The number of nitrogens with zero attached hydrogens (tertiary/aromatic N) is 1. The Balaban J connectivity index is 2.15. The second-order valence-corrected chi connectivity index (χ2v) is 8.39. The Morgan fingerprint density at radius 2 is 1.96 bits per heavy atom. The quantitative estimate of drug-likeness (QED) is 0.566. The molecule has 0 aromatic carbocycles. The van der Waals surface area contributed by atoms with Crippen LogP contribution in [0.15, 0.2) is 12.7 Å². The zero-order valence-corrected chi connectivity index (χ0v) is 17.0. The summed E-state index contributed by atoms with van der Waals surface area (Å²) in [6.07, 6.45) is 3.05. The first-order chi connectivity index (χ1) is 12.6. The van der Waals surface area contributed by atoms with Crippen molar-refractivity contribution < 1.29 is 23.9 Å². The van der Waals surface area contributed by atoms with E-state index < -0.39 is 29.2 Å². The molecule has 0 radical (unpaired) electrons. The minimum absolute atomic E-state index is 0.154. The van der Waals surface area contributed by atoms with Gasteiger partial charge in [-0.3, -0.25) is 9.69 Å². The van der Waals surface area contributed by atoms with Crippen LogP contribution < -0.4 is 5.32 Å². The number of likely N-dealkylation sites (tertiary alicyclic amines) is 1. The predicted molar refractivity (Wildman–Crippen MR) is 101 cm³/mol. The zero-order valence-electron chi connectivity index (χ0n) is 17.0. The van der Waals surface area contributed by atoms with Crippen LogP contribution in [0.2, 0.25) is 0 Å². The summed E-state index contributed by atoms with van der Waals surface area (Å²) in [6, 6.07) is -0.651. The van der Waals surface area contributed by atoms with Crippen LogP contribution in [0, 0.1) is 11.8 Å². The summed E-state index contributed by atoms with van der Waals surface area (Å²) in [5.74, 6) is -0.716. The number of hydrogen-bond acceptors (Lipinski definition) is 5. The molecule has 152 valence electrons. The Morgan fingerprint density at radius 1 is 1.30 bits per heavy atom. The molecule has 0 aromatic rings. The average Bonchev–Trinajstić information content (AvgIpc) is 3.11. The summed E-state index contributed by atoms with van der Waals surface area (Å²) < 4.78 is 10.6. The van der Waals surface area contributed by atoms with Crippen molar-refractivity contribution in [3.8, 4) is 0 Å². The highest BCUT2D eigenvalue weighted by Gasteiger charge is 2.62. The minimum atomic E-state index is -1.06. The normalized spacial score (nSPS) is 29.8. The molecule has 4 atom stereocenters. The van der Waals surface area contributed by atoms with E-state index in [0.29, 0.717) is 19.4 Å². The predicted octanol–water partition coefficient (Wildman–Crippen LogP) is 2.65. The lowest BCUT2D eigenvalue weighted by Gasteiger charge is -2.29. The number of amides is 2. The fraction of sp³-hybridized carbons (Fsp3) is 0.750. The first-order valence-corrected chi connectivity index (χ1v) is 9.69. The third-order valence-corrected chi connectivity index (χ3v) is 5.18. The smallest absolute Gasteiger partial charge is 0.410 e. The molecule has 1 aliphatic carbocycles. The van der Waals surface area contributed by atoms with Crippen LogP contribution >= 0.6 is 0 Å². The lowest BCUT2D eigenvalue weighted by atomic mass is 10.0. The molecule has 2 fully saturated rings. The van der Waals surface area contributed by atoms with Crippen LogP contribution in [-0.2, 0) is 19.1 Å². The van der Waals surface area contributed by atoms with Gasteiger partial charge in [0.15, 0.2) is 0 Å². The Bertz CT molecular complexity index is 612. The van der Waals surface area contributed by atoms with Crippen molar-refractivity contribution in [2.45, 2.75) is 71.1 Å². The molecular weight excluding hydrogens is 348 g/mol. The van der Waals surface area contributed by atoms with Gasteiger partial charge in [-0.05, 0) is 46.5 Å². The number of carbonyl (C=O) groups is 3. The van der Waals surface area contributed by atoms with E-state index in [1.54, 1.807) is 33.8 Å². The van der Waals surface area contributed by atoms with Crippen LogP contribution in [0.3, 0.4) is 0 Å². The van der Waals surface area contributed by atoms with Gasteiger partial charge in [-0.1, -0.05) is 19.4 Å². The highest BCUT2D eigenvalue weighted by atomic mass is 16.6. The summed E-state index contributed by atoms with van der Waals surface area (Å²) in [5.41, 5.74) is -1.70. The van der Waals surface area contributed by atoms with Gasteiger partial charge in [-0.25, -0.2) is 9.59 Å². The van der Waals surface area contributed by atoms with E-state index in [2.05, 4.69) is 11.9 Å². The zero-order chi connectivity index (χ0) is 20.4. The van der Waals surface area contributed by atoms with E-state index >= 15 is 0 Å². The maximum Gasteiger partial charge on any atom is 0.410 e. The molecule has 0 spiro atoms. The largest absolute Gasteiger partial charge is 0.464 e. The van der Waals surface area contributed by atoms with Gasteiger partial charge in [0.25, 0.3) is 0 Å². The number of hydrogen-bond donors (Lipinski definition) is 1. The fourth-order valence-corrected chi connectivity index (χ4v) is 3.55. The fourth-order valence-electron chi connectivity index (χ4n) is 3.55. The number of rotatable bonds is 6. The van der Waals surface area contributed by atoms with Crippen LogP contribution in [0.5, 0.6) is 0 Å². The Morgan fingerprint density at radius 3 is 2.44 bits per heavy atom. The second-order valence-electron chi connectivity index (χ2n) is 8.39. The van der Waals surface area contributed by atoms with E-state index in [4.69, 9.17) is 9.47 Å². The molecule has 1 aliphatic heterocycles. The molecule has 1 saturated carbocycles. The van der Waals surface area contributed by atoms with Gasteiger partial charge in [-0.2, -0.15) is 0 Å². The monoisotopic (exact) mass is 380 g/mol. The molecule has 2 amide bonds. The van der Waals surface area contributed by atoms with Gasteiger partial charge in [0.2, 0.25) is 5.91 Å².